The Morgan fingerprint density at radius 1 is 1.11 bits per heavy atom. The fourth-order valence-corrected chi connectivity index (χ4v) is 4.35. The molecule has 4 N–H and O–H groups in total. The van der Waals surface area contributed by atoms with Gasteiger partial charge in [-0.3, -0.25) is 14.5 Å². The highest BCUT2D eigenvalue weighted by Gasteiger charge is 2.26. The number of aromatic nitrogens is 2. The average Bonchev–Trinajstić information content (AvgIpc) is 3.45. The lowest BCUT2D eigenvalue weighted by Crippen LogP contribution is -2.29. The number of nitrogens with two attached hydrogens (primary N) is 1. The molecular weight excluding hydrogens is 468 g/mol. The Morgan fingerprint density at radius 2 is 1.86 bits per heavy atom. The Morgan fingerprint density at radius 3 is 2.54 bits per heavy atom. The Balaban J connectivity index is 1.31. The van der Waals surface area contributed by atoms with Gasteiger partial charge < -0.3 is 20.9 Å². The van der Waals surface area contributed by atoms with Crippen LogP contribution >= 0.6 is 0 Å². The predicted octanol–water partition coefficient (Wildman–Crippen LogP) is 3.64. The second kappa shape index (κ2) is 9.98. The number of nitrogens with one attached hydrogen (secondary N) is 2. The van der Waals surface area contributed by atoms with Crippen molar-refractivity contribution in [3.05, 3.63) is 89.7 Å². The Bertz CT molecular complexity index is 1510. The van der Waals surface area contributed by atoms with Gasteiger partial charge in [0, 0.05) is 48.5 Å². The average molecular weight is 495 g/mol. The van der Waals surface area contributed by atoms with Crippen molar-refractivity contribution in [2.24, 2.45) is 5.73 Å². The third kappa shape index (κ3) is 5.06. The molecule has 0 aliphatic carbocycles. The van der Waals surface area contributed by atoms with Crippen molar-refractivity contribution in [3.63, 3.8) is 0 Å². The summed E-state index contributed by atoms with van der Waals surface area (Å²) in [7, 11) is 1.78. The van der Waals surface area contributed by atoms with E-state index in [-0.39, 0.29) is 18.4 Å². The van der Waals surface area contributed by atoms with E-state index in [2.05, 4.69) is 15.3 Å². The maximum absolute atomic E-state index is 12.7. The third-order valence-electron chi connectivity index (χ3n) is 6.33. The van der Waals surface area contributed by atoms with E-state index in [1.807, 2.05) is 60.7 Å². The number of urea groups is 1. The van der Waals surface area contributed by atoms with E-state index < -0.39 is 5.91 Å². The van der Waals surface area contributed by atoms with Crippen LogP contribution < -0.4 is 16.0 Å². The molecule has 9 nitrogen and oxygen atoms in total. The number of amides is 4. The molecule has 0 unspecified atom stereocenters. The van der Waals surface area contributed by atoms with Gasteiger partial charge >= 0.3 is 6.03 Å². The van der Waals surface area contributed by atoms with Crippen molar-refractivity contribution >= 4 is 51.9 Å². The predicted molar refractivity (Wildman–Crippen MR) is 144 cm³/mol. The summed E-state index contributed by atoms with van der Waals surface area (Å²) < 4.78 is 0. The van der Waals surface area contributed by atoms with Gasteiger partial charge in [-0.2, -0.15) is 0 Å². The molecule has 4 aromatic rings. The molecule has 186 valence electrons. The first-order valence-corrected chi connectivity index (χ1v) is 11.8. The van der Waals surface area contributed by atoms with E-state index in [1.165, 1.54) is 0 Å². The summed E-state index contributed by atoms with van der Waals surface area (Å²) in [5.41, 5.74) is 10.3. The molecule has 2 aromatic heterocycles. The first-order valence-electron chi connectivity index (χ1n) is 11.8. The van der Waals surface area contributed by atoms with Crippen LogP contribution in [0.5, 0.6) is 0 Å². The first-order chi connectivity index (χ1) is 17.9. The fourth-order valence-electron chi connectivity index (χ4n) is 4.35. The molecule has 1 saturated heterocycles. The molecule has 37 heavy (non-hydrogen) atoms. The summed E-state index contributed by atoms with van der Waals surface area (Å²) in [6.45, 7) is 1.34. The van der Waals surface area contributed by atoms with E-state index in [1.54, 1.807) is 35.3 Å². The molecule has 0 spiro atoms. The second-order valence-corrected chi connectivity index (χ2v) is 8.90. The van der Waals surface area contributed by atoms with E-state index in [9.17, 15) is 14.4 Å². The van der Waals surface area contributed by atoms with Crippen LogP contribution in [-0.4, -0.2) is 52.9 Å². The number of carbonyl (C=O) groups excluding carboxylic acids is 3. The lowest BCUT2D eigenvalue weighted by atomic mass is 10.0. The van der Waals surface area contributed by atoms with Gasteiger partial charge in [-0.1, -0.05) is 42.5 Å². The van der Waals surface area contributed by atoms with Gasteiger partial charge in [0.2, 0.25) is 11.8 Å². The Labute approximate surface area is 213 Å². The number of fused-ring (bicyclic) bond motifs is 1. The number of likely N-dealkylation sites (N-methyl/N-ethyl adjacent to an activating group) is 1. The minimum atomic E-state index is -0.537. The van der Waals surface area contributed by atoms with Gasteiger partial charge in [-0.25, -0.2) is 9.78 Å². The molecule has 0 bridgehead atoms. The molecule has 0 atom stereocenters. The molecule has 0 radical (unpaired) electrons. The molecule has 1 aliphatic rings. The topological polar surface area (TPSA) is 124 Å². The monoisotopic (exact) mass is 494 g/mol. The number of carbonyl (C=O) groups is 3. The summed E-state index contributed by atoms with van der Waals surface area (Å²) in [5.74, 6) is -0.731. The van der Waals surface area contributed by atoms with Crippen molar-refractivity contribution in [2.45, 2.75) is 6.42 Å². The minimum Gasteiger partial charge on any atom is -0.366 e. The fraction of sp³-hybridized carbons (Fsp3) is 0.143. The lowest BCUT2D eigenvalue weighted by molar-refractivity contribution is -0.115. The van der Waals surface area contributed by atoms with Crippen molar-refractivity contribution in [1.82, 2.24) is 14.9 Å². The SMILES string of the molecule is CN1CCN(c2ccc(CC(=O)Nc3cnc4[nH]cc(/C=C(/C(N)=O)c5ccccc5)c4c3)cc2)C1=O. The Kier molecular flexibility index (Phi) is 6.42. The molecule has 0 saturated carbocycles. The summed E-state index contributed by atoms with van der Waals surface area (Å²) in [4.78, 5) is 47.9. The zero-order valence-electron chi connectivity index (χ0n) is 20.3. The number of anilines is 2. The maximum Gasteiger partial charge on any atom is 0.324 e. The highest BCUT2D eigenvalue weighted by molar-refractivity contribution is 6.24. The smallest absolute Gasteiger partial charge is 0.324 e. The number of aromatic amines is 1. The number of H-pyrrole nitrogens is 1. The number of primary amides is 1. The normalized spacial score (nSPS) is 13.9. The summed E-state index contributed by atoms with van der Waals surface area (Å²) >= 11 is 0. The van der Waals surface area contributed by atoms with Crippen LogP contribution in [0.3, 0.4) is 0 Å². The number of hydrogen-bond acceptors (Lipinski definition) is 4. The van der Waals surface area contributed by atoms with Crippen molar-refractivity contribution in [3.8, 4) is 0 Å². The molecule has 1 aliphatic heterocycles. The number of nitrogens with zero attached hydrogens (tertiary/aromatic N) is 3. The molecular formula is C28H26N6O3. The summed E-state index contributed by atoms with van der Waals surface area (Å²) in [6.07, 6.45) is 5.22. The molecule has 1 fully saturated rings. The summed E-state index contributed by atoms with van der Waals surface area (Å²) in [6, 6.07) is 18.4. The van der Waals surface area contributed by atoms with Crippen LogP contribution in [-0.2, 0) is 16.0 Å². The molecule has 9 heteroatoms. The lowest BCUT2D eigenvalue weighted by Gasteiger charge is -2.16. The van der Waals surface area contributed by atoms with Gasteiger partial charge in [0.15, 0.2) is 0 Å². The second-order valence-electron chi connectivity index (χ2n) is 8.90. The van der Waals surface area contributed by atoms with Crippen LogP contribution in [0.4, 0.5) is 16.2 Å². The van der Waals surface area contributed by atoms with Crippen LogP contribution in [0.25, 0.3) is 22.7 Å². The molecule has 3 heterocycles. The number of hydrogen-bond donors (Lipinski definition) is 3. The van der Waals surface area contributed by atoms with Gasteiger partial charge in [-0.15, -0.1) is 0 Å². The molecule has 2 aromatic carbocycles. The van der Waals surface area contributed by atoms with Gasteiger partial charge in [0.1, 0.15) is 5.65 Å². The van der Waals surface area contributed by atoms with Gasteiger partial charge in [-0.05, 0) is 35.4 Å². The minimum absolute atomic E-state index is 0.0286. The highest BCUT2D eigenvalue weighted by Crippen LogP contribution is 2.26. The standard InChI is InChI=1S/C28H26N6O3/c1-33-11-12-34(28(33)37)22-9-7-18(8-10-22)13-25(35)32-21-15-24-20(16-30-27(24)31-17-21)14-23(26(29)36)19-5-3-2-4-6-19/h2-10,14-17H,11-13H2,1H3,(H2,29,36)(H,30,31)(H,32,35)/b23-14+. The number of pyridine rings is 1. The van der Waals surface area contributed by atoms with Crippen LogP contribution in [0.2, 0.25) is 0 Å². The number of rotatable bonds is 7. The third-order valence-corrected chi connectivity index (χ3v) is 6.33. The maximum atomic E-state index is 12.7. The van der Waals surface area contributed by atoms with Crippen LogP contribution in [0.15, 0.2) is 73.1 Å². The largest absolute Gasteiger partial charge is 0.366 e. The molecule has 5 rings (SSSR count). The number of benzene rings is 2. The van der Waals surface area contributed by atoms with Gasteiger partial charge in [0.25, 0.3) is 0 Å². The zero-order valence-corrected chi connectivity index (χ0v) is 20.3. The van der Waals surface area contributed by atoms with E-state index >= 15 is 0 Å². The Hall–Kier alpha value is -4.92. The van der Waals surface area contributed by atoms with Gasteiger partial charge in [0.05, 0.1) is 18.3 Å². The van der Waals surface area contributed by atoms with E-state index in [4.69, 9.17) is 5.73 Å². The van der Waals surface area contributed by atoms with Crippen LogP contribution in [0, 0.1) is 0 Å². The first kappa shape index (κ1) is 23.8. The zero-order chi connectivity index (χ0) is 25.9. The van der Waals surface area contributed by atoms with Crippen molar-refractivity contribution in [2.75, 3.05) is 30.4 Å². The summed E-state index contributed by atoms with van der Waals surface area (Å²) in [5, 5.41) is 3.64. The molecule has 4 amide bonds. The van der Waals surface area contributed by atoms with E-state index in [0.717, 1.165) is 22.2 Å². The quantitative estimate of drug-likeness (QED) is 0.339. The van der Waals surface area contributed by atoms with E-state index in [0.29, 0.717) is 35.6 Å². The highest BCUT2D eigenvalue weighted by atomic mass is 16.2. The van der Waals surface area contributed by atoms with Crippen LogP contribution in [0.1, 0.15) is 16.7 Å². The van der Waals surface area contributed by atoms with Crippen molar-refractivity contribution in [1.29, 1.82) is 0 Å². The van der Waals surface area contributed by atoms with Crippen molar-refractivity contribution < 1.29 is 14.4 Å².